The first kappa shape index (κ1) is 26.3. The number of carbonyl (C=O) groups excluding carboxylic acids is 1. The Morgan fingerprint density at radius 1 is 0.972 bits per heavy atom. The summed E-state index contributed by atoms with van der Waals surface area (Å²) in [7, 11) is -3.55. The van der Waals surface area contributed by atoms with Crippen LogP contribution in [0.4, 0.5) is 18.9 Å². The van der Waals surface area contributed by atoms with Crippen molar-refractivity contribution in [3.63, 3.8) is 0 Å². The minimum atomic E-state index is -4.40. The molecule has 0 N–H and O–H groups in total. The first-order valence-electron chi connectivity index (χ1n) is 12.0. The van der Waals surface area contributed by atoms with Gasteiger partial charge >= 0.3 is 6.18 Å². The third-order valence-corrected chi connectivity index (χ3v) is 8.65. The first-order valence-corrected chi connectivity index (χ1v) is 13.4. The second-order valence-corrected chi connectivity index (χ2v) is 11.2. The molecule has 2 saturated heterocycles. The topological polar surface area (TPSA) is 70.2 Å². The molecule has 196 valence electrons. The molecular formula is C25H30F3N3O4S. The van der Waals surface area contributed by atoms with Crippen molar-refractivity contribution in [2.75, 3.05) is 50.8 Å². The van der Waals surface area contributed by atoms with Crippen molar-refractivity contribution in [2.24, 2.45) is 5.92 Å². The van der Waals surface area contributed by atoms with Gasteiger partial charge in [0.15, 0.2) is 6.61 Å². The van der Waals surface area contributed by atoms with Crippen molar-refractivity contribution < 1.29 is 31.1 Å². The molecule has 0 spiro atoms. The number of rotatable bonds is 6. The molecular weight excluding hydrogens is 495 g/mol. The number of piperidine rings is 1. The van der Waals surface area contributed by atoms with E-state index in [-0.39, 0.29) is 17.4 Å². The van der Waals surface area contributed by atoms with E-state index in [4.69, 9.17) is 4.74 Å². The largest absolute Gasteiger partial charge is 0.484 e. The van der Waals surface area contributed by atoms with Crippen LogP contribution >= 0.6 is 0 Å². The van der Waals surface area contributed by atoms with E-state index in [2.05, 4.69) is 6.92 Å². The lowest BCUT2D eigenvalue weighted by Gasteiger charge is -2.36. The van der Waals surface area contributed by atoms with Gasteiger partial charge in [0.1, 0.15) is 5.75 Å². The molecule has 0 unspecified atom stereocenters. The highest BCUT2D eigenvalue weighted by molar-refractivity contribution is 7.89. The maximum absolute atomic E-state index is 13.0. The molecule has 0 atom stereocenters. The number of ether oxygens (including phenoxy) is 1. The van der Waals surface area contributed by atoms with Crippen LogP contribution in [0.1, 0.15) is 25.3 Å². The Morgan fingerprint density at radius 3 is 2.22 bits per heavy atom. The fourth-order valence-electron chi connectivity index (χ4n) is 4.41. The fraction of sp³-hybridized carbons (Fsp3) is 0.480. The fourth-order valence-corrected chi connectivity index (χ4v) is 5.88. The quantitative estimate of drug-likeness (QED) is 0.573. The zero-order valence-electron chi connectivity index (χ0n) is 20.1. The third-order valence-electron chi connectivity index (χ3n) is 6.74. The van der Waals surface area contributed by atoms with Crippen molar-refractivity contribution >= 4 is 21.6 Å². The normalized spacial score (nSPS) is 18.3. The Labute approximate surface area is 209 Å². The summed E-state index contributed by atoms with van der Waals surface area (Å²) in [5.41, 5.74) is -0.224. The van der Waals surface area contributed by atoms with Crippen LogP contribution in [0.15, 0.2) is 53.4 Å². The van der Waals surface area contributed by atoms with Crippen molar-refractivity contribution in [1.82, 2.24) is 9.21 Å². The van der Waals surface area contributed by atoms with Crippen LogP contribution in [-0.4, -0.2) is 69.4 Å². The van der Waals surface area contributed by atoms with E-state index in [9.17, 15) is 26.4 Å². The molecule has 1 amide bonds. The van der Waals surface area contributed by atoms with Crippen LogP contribution in [0.5, 0.6) is 5.75 Å². The average molecular weight is 526 g/mol. The number of carbonyl (C=O) groups is 1. The number of hydrogen-bond donors (Lipinski definition) is 0. The van der Waals surface area contributed by atoms with Crippen LogP contribution in [0, 0.1) is 5.92 Å². The van der Waals surface area contributed by atoms with Crippen LogP contribution in [0.25, 0.3) is 0 Å². The van der Waals surface area contributed by atoms with Gasteiger partial charge in [0.25, 0.3) is 5.91 Å². The van der Waals surface area contributed by atoms with Gasteiger partial charge in [0, 0.05) is 45.0 Å². The minimum absolute atomic E-state index is 0.196. The molecule has 0 bridgehead atoms. The predicted octanol–water partition coefficient (Wildman–Crippen LogP) is 3.85. The van der Waals surface area contributed by atoms with Gasteiger partial charge in [-0.25, -0.2) is 8.42 Å². The monoisotopic (exact) mass is 525 g/mol. The molecule has 2 fully saturated rings. The SMILES string of the molecule is CC1CCN(S(=O)(=O)c2ccc(OCC(=O)N3CCN(c4cccc(C(F)(F)F)c4)CC3)cc2)CC1. The second kappa shape index (κ2) is 10.7. The molecule has 0 aliphatic carbocycles. The number of sulfonamides is 1. The highest BCUT2D eigenvalue weighted by Gasteiger charge is 2.31. The molecule has 2 aromatic carbocycles. The number of amides is 1. The number of nitrogens with zero attached hydrogens (tertiary/aromatic N) is 3. The van der Waals surface area contributed by atoms with Gasteiger partial charge in [-0.05, 0) is 61.2 Å². The van der Waals surface area contributed by atoms with Gasteiger partial charge in [0.05, 0.1) is 10.5 Å². The van der Waals surface area contributed by atoms with E-state index in [1.165, 1.54) is 34.6 Å². The summed E-state index contributed by atoms with van der Waals surface area (Å²) in [5.74, 6) is 0.670. The van der Waals surface area contributed by atoms with Crippen LogP contribution in [0.2, 0.25) is 0 Å². The molecule has 0 saturated carbocycles. The van der Waals surface area contributed by atoms with Crippen molar-refractivity contribution in [3.8, 4) is 5.75 Å². The Kier molecular flexibility index (Phi) is 7.79. The maximum atomic E-state index is 13.0. The highest BCUT2D eigenvalue weighted by atomic mass is 32.2. The molecule has 36 heavy (non-hydrogen) atoms. The van der Waals surface area contributed by atoms with Gasteiger partial charge in [-0.3, -0.25) is 4.79 Å². The molecule has 2 aromatic rings. The number of halogens is 3. The van der Waals surface area contributed by atoms with Crippen molar-refractivity contribution in [2.45, 2.75) is 30.8 Å². The van der Waals surface area contributed by atoms with Gasteiger partial charge < -0.3 is 14.5 Å². The van der Waals surface area contributed by atoms with E-state index >= 15 is 0 Å². The minimum Gasteiger partial charge on any atom is -0.484 e. The first-order chi connectivity index (χ1) is 17.0. The van der Waals surface area contributed by atoms with E-state index in [1.807, 2.05) is 4.90 Å². The summed E-state index contributed by atoms with van der Waals surface area (Å²) in [6.45, 7) is 4.49. The van der Waals surface area contributed by atoms with Crippen LogP contribution in [0.3, 0.4) is 0 Å². The van der Waals surface area contributed by atoms with Gasteiger partial charge in [-0.2, -0.15) is 17.5 Å². The zero-order chi connectivity index (χ0) is 25.9. The van der Waals surface area contributed by atoms with Crippen molar-refractivity contribution in [1.29, 1.82) is 0 Å². The predicted molar refractivity (Wildman–Crippen MR) is 129 cm³/mol. The Morgan fingerprint density at radius 2 is 1.61 bits per heavy atom. The number of hydrogen-bond acceptors (Lipinski definition) is 5. The smallest absolute Gasteiger partial charge is 0.416 e. The summed E-state index contributed by atoms with van der Waals surface area (Å²) in [6.07, 6.45) is -2.72. The zero-order valence-corrected chi connectivity index (χ0v) is 20.9. The molecule has 7 nitrogen and oxygen atoms in total. The molecule has 11 heteroatoms. The Bertz CT molecular complexity index is 1160. The average Bonchev–Trinajstić information content (AvgIpc) is 2.87. The second-order valence-electron chi connectivity index (χ2n) is 9.26. The number of benzene rings is 2. The molecule has 2 heterocycles. The van der Waals surface area contributed by atoms with Gasteiger partial charge in [-0.15, -0.1) is 0 Å². The van der Waals surface area contributed by atoms with E-state index in [0.29, 0.717) is 56.6 Å². The lowest BCUT2D eigenvalue weighted by Crippen LogP contribution is -2.50. The maximum Gasteiger partial charge on any atom is 0.416 e. The standard InChI is InChI=1S/C25H30F3N3O4S/c1-19-9-11-31(12-10-19)36(33,34)23-7-5-22(6-8-23)35-18-24(32)30-15-13-29(14-16-30)21-4-2-3-20(17-21)25(26,27)28/h2-8,17,19H,9-16,18H2,1H3. The van der Waals surface area contributed by atoms with E-state index in [1.54, 1.807) is 11.0 Å². The van der Waals surface area contributed by atoms with Gasteiger partial charge in [-0.1, -0.05) is 13.0 Å². The summed E-state index contributed by atoms with van der Waals surface area (Å²) in [5, 5.41) is 0. The Balaban J connectivity index is 1.27. The molecule has 0 radical (unpaired) electrons. The summed E-state index contributed by atoms with van der Waals surface area (Å²) in [4.78, 5) is 16.2. The molecule has 2 aliphatic heterocycles. The number of anilines is 1. The molecule has 2 aliphatic rings. The van der Waals surface area contributed by atoms with Crippen LogP contribution in [-0.2, 0) is 21.0 Å². The lowest BCUT2D eigenvalue weighted by molar-refractivity contribution is -0.137. The summed E-state index contributed by atoms with van der Waals surface area (Å²) in [6, 6.07) is 11.2. The number of piperazine rings is 1. The Hall–Kier alpha value is -2.79. The lowest BCUT2D eigenvalue weighted by atomic mass is 10.0. The van der Waals surface area contributed by atoms with E-state index < -0.39 is 21.8 Å². The number of alkyl halides is 3. The summed E-state index contributed by atoms with van der Waals surface area (Å²) >= 11 is 0. The highest BCUT2D eigenvalue weighted by Crippen LogP contribution is 2.32. The van der Waals surface area contributed by atoms with Crippen LogP contribution < -0.4 is 9.64 Å². The summed E-state index contributed by atoms with van der Waals surface area (Å²) < 4.78 is 71.7. The molecule has 0 aromatic heterocycles. The van der Waals surface area contributed by atoms with Crippen molar-refractivity contribution in [3.05, 3.63) is 54.1 Å². The van der Waals surface area contributed by atoms with Gasteiger partial charge in [0.2, 0.25) is 10.0 Å². The molecule has 4 rings (SSSR count). The third kappa shape index (κ3) is 6.12. The van der Waals surface area contributed by atoms with E-state index in [0.717, 1.165) is 25.0 Å².